The number of carbonyl (C=O) groups is 1. The van der Waals surface area contributed by atoms with Gasteiger partial charge in [-0.15, -0.1) is 22.0 Å². The molecule has 1 aliphatic rings. The first-order chi connectivity index (χ1) is 29.4. The molecule has 1 aliphatic heterocycles. The van der Waals surface area contributed by atoms with Crippen LogP contribution in [0.1, 0.15) is 40.5 Å². The van der Waals surface area contributed by atoms with Crippen LogP contribution in [-0.2, 0) is 26.0 Å². The number of carbonyl (C=O) groups excluding carboxylic acids is 1. The van der Waals surface area contributed by atoms with Crippen LogP contribution in [0.5, 0.6) is 0 Å². The van der Waals surface area contributed by atoms with Gasteiger partial charge in [-0.2, -0.15) is 9.52 Å². The monoisotopic (exact) mass is 826 g/mol. The summed E-state index contributed by atoms with van der Waals surface area (Å²) < 4.78 is 30.6. The lowest BCUT2D eigenvalue weighted by Gasteiger charge is -2.37. The van der Waals surface area contributed by atoms with Crippen LogP contribution >= 0.6 is 11.8 Å². The second-order valence-corrected chi connectivity index (χ2v) is 18.4. The summed E-state index contributed by atoms with van der Waals surface area (Å²) in [7, 11) is -4.18. The van der Waals surface area contributed by atoms with Crippen molar-refractivity contribution >= 4 is 38.5 Å². The number of nitrogens with zero attached hydrogens (tertiary/aromatic N) is 4. The molecule has 0 saturated carbocycles. The lowest BCUT2D eigenvalue weighted by atomic mass is 9.84. The molecule has 9 nitrogen and oxygen atoms in total. The molecular formula is C49H42N6O3S2. The summed E-state index contributed by atoms with van der Waals surface area (Å²) in [5, 5.41) is 19.5. The molecule has 1 amide bonds. The van der Waals surface area contributed by atoms with Crippen molar-refractivity contribution < 1.29 is 13.2 Å². The molecule has 7 aromatic carbocycles. The number of hydrogen-bond donors (Lipinski definition) is 2. The number of sulfonamides is 1. The van der Waals surface area contributed by atoms with Crippen LogP contribution in [0.2, 0.25) is 0 Å². The Morgan fingerprint density at radius 1 is 0.700 bits per heavy atom. The molecule has 1 fully saturated rings. The van der Waals surface area contributed by atoms with E-state index in [-0.39, 0.29) is 23.1 Å². The van der Waals surface area contributed by atoms with Crippen molar-refractivity contribution in [3.63, 3.8) is 0 Å². The second kappa shape index (κ2) is 17.1. The summed E-state index contributed by atoms with van der Waals surface area (Å²) in [6.45, 7) is 0.111. The second-order valence-electron chi connectivity index (χ2n) is 15.0. The molecule has 2 heterocycles. The maximum atomic E-state index is 15.0. The number of amides is 1. The Balaban J connectivity index is 1.09. The fourth-order valence-corrected chi connectivity index (χ4v) is 11.9. The average Bonchev–Trinajstić information content (AvgIpc) is 4.01. The van der Waals surface area contributed by atoms with E-state index in [1.165, 1.54) is 4.31 Å². The van der Waals surface area contributed by atoms with Gasteiger partial charge < -0.3 is 5.32 Å². The number of thioether (sulfide) groups is 1. The molecule has 8 aromatic rings. The van der Waals surface area contributed by atoms with Crippen LogP contribution in [0, 0.1) is 0 Å². The van der Waals surface area contributed by atoms with Gasteiger partial charge in [-0.05, 0) is 62.7 Å². The quantitative estimate of drug-likeness (QED) is 0.111. The average molecular weight is 827 g/mol. The molecule has 1 aromatic heterocycles. The van der Waals surface area contributed by atoms with Gasteiger partial charge in [0, 0.05) is 18.2 Å². The number of aromatic nitrogens is 4. The summed E-state index contributed by atoms with van der Waals surface area (Å²) in [6.07, 6.45) is 0.629. The molecule has 0 radical (unpaired) electrons. The molecule has 1 saturated heterocycles. The Kier molecular flexibility index (Phi) is 11.1. The molecule has 0 bridgehead atoms. The number of nitrogens with one attached hydrogen (secondary N) is 2. The molecular weight excluding hydrogens is 785 g/mol. The van der Waals surface area contributed by atoms with Crippen LogP contribution in [0.15, 0.2) is 193 Å². The lowest BCUT2D eigenvalue weighted by molar-refractivity contribution is -0.125. The number of tetrazole rings is 1. The maximum Gasteiger partial charge on any atom is 0.243 e. The number of aromatic amines is 1. The van der Waals surface area contributed by atoms with E-state index >= 15 is 0 Å². The van der Waals surface area contributed by atoms with E-state index < -0.39 is 32.8 Å². The zero-order valence-corrected chi connectivity index (χ0v) is 34.2. The summed E-state index contributed by atoms with van der Waals surface area (Å²) in [5.41, 5.74) is 6.29. The van der Waals surface area contributed by atoms with Crippen molar-refractivity contribution in [3.8, 4) is 11.1 Å². The Morgan fingerprint density at radius 3 is 1.83 bits per heavy atom. The van der Waals surface area contributed by atoms with Gasteiger partial charge in [0.2, 0.25) is 15.9 Å². The van der Waals surface area contributed by atoms with E-state index in [9.17, 15) is 13.2 Å². The Hall–Kier alpha value is -6.40. The van der Waals surface area contributed by atoms with E-state index in [0.717, 1.165) is 44.2 Å². The first-order valence-corrected chi connectivity index (χ1v) is 22.2. The van der Waals surface area contributed by atoms with Crippen molar-refractivity contribution in [1.82, 2.24) is 30.2 Å². The third-order valence-corrected chi connectivity index (χ3v) is 14.8. The minimum absolute atomic E-state index is 0.111. The summed E-state index contributed by atoms with van der Waals surface area (Å²) in [4.78, 5) is 15.0. The van der Waals surface area contributed by atoms with Crippen molar-refractivity contribution in [2.45, 2.75) is 39.8 Å². The highest BCUT2D eigenvalue weighted by Gasteiger charge is 2.49. The first kappa shape index (κ1) is 39.1. The van der Waals surface area contributed by atoms with Gasteiger partial charge in [0.15, 0.2) is 5.82 Å². The summed E-state index contributed by atoms with van der Waals surface area (Å²) >= 11 is 1.69. The van der Waals surface area contributed by atoms with Crippen LogP contribution in [0.25, 0.3) is 21.9 Å². The smallest absolute Gasteiger partial charge is 0.243 e. The van der Waals surface area contributed by atoms with E-state index in [4.69, 9.17) is 0 Å². The van der Waals surface area contributed by atoms with Gasteiger partial charge in [-0.3, -0.25) is 4.79 Å². The van der Waals surface area contributed by atoms with Crippen molar-refractivity contribution in [3.05, 3.63) is 216 Å². The fraction of sp³-hybridized carbons (Fsp3) is 0.143. The number of rotatable bonds is 13. The first-order valence-electron chi connectivity index (χ1n) is 19.9. The normalized spacial score (nSPS) is 16.4. The highest BCUT2D eigenvalue weighted by Crippen LogP contribution is 2.52. The Labute approximate surface area is 353 Å². The van der Waals surface area contributed by atoms with Gasteiger partial charge in [-0.1, -0.05) is 181 Å². The third kappa shape index (κ3) is 7.87. The molecule has 2 N–H and O–H groups in total. The Bertz CT molecular complexity index is 2700. The maximum absolute atomic E-state index is 15.0. The Morgan fingerprint density at radius 2 is 1.25 bits per heavy atom. The van der Waals surface area contributed by atoms with Gasteiger partial charge in [0.1, 0.15) is 6.04 Å². The molecule has 11 heteroatoms. The van der Waals surface area contributed by atoms with E-state index in [1.54, 1.807) is 23.9 Å². The van der Waals surface area contributed by atoms with Gasteiger partial charge >= 0.3 is 0 Å². The molecule has 0 aliphatic carbocycles. The third-order valence-electron chi connectivity index (χ3n) is 11.2. The largest absolute Gasteiger partial charge is 0.344 e. The number of hydrogen-bond acceptors (Lipinski definition) is 7. The van der Waals surface area contributed by atoms with Crippen LogP contribution in [-0.4, -0.2) is 57.1 Å². The summed E-state index contributed by atoms with van der Waals surface area (Å²) in [6, 6.07) is 60.3. The van der Waals surface area contributed by atoms with E-state index in [0.29, 0.717) is 12.2 Å². The van der Waals surface area contributed by atoms with Crippen molar-refractivity contribution in [1.29, 1.82) is 0 Å². The lowest BCUT2D eigenvalue weighted by Crippen LogP contribution is -2.47. The van der Waals surface area contributed by atoms with Crippen molar-refractivity contribution in [2.24, 2.45) is 0 Å². The topological polar surface area (TPSA) is 121 Å². The van der Waals surface area contributed by atoms with Crippen molar-refractivity contribution in [2.75, 3.05) is 6.54 Å². The van der Waals surface area contributed by atoms with Gasteiger partial charge in [-0.25, -0.2) is 8.42 Å². The molecule has 60 heavy (non-hydrogen) atoms. The van der Waals surface area contributed by atoms with Gasteiger partial charge in [0.05, 0.1) is 15.7 Å². The molecule has 9 rings (SSSR count). The highest BCUT2D eigenvalue weighted by atomic mass is 32.2. The standard InChI is InChI=1S/C49H42N6O3S2/c56-48(50-45(47-51-53-54-52-47)31-35-25-27-38(28-26-35)36-15-5-1-6-16-36)46-33-43(34-55(46)60(57,58)44-30-29-37-17-13-14-18-39(37)32-44)59-49(40-19-7-2-8-20-40,41-21-9-3-10-22-41)42-23-11-4-12-24-42/h1-30,32,43,45-46H,31,33-34H2,(H,50,56)(H,51,52,53,54)/t43-,45+,46+/m1/s1. The van der Waals surface area contributed by atoms with E-state index in [1.807, 2.05) is 115 Å². The number of fused-ring (bicyclic) bond motifs is 1. The predicted octanol–water partition coefficient (Wildman–Crippen LogP) is 8.98. The number of benzene rings is 7. The van der Waals surface area contributed by atoms with Crippen LogP contribution in [0.3, 0.4) is 0 Å². The summed E-state index contributed by atoms with van der Waals surface area (Å²) in [5.74, 6) is -0.123. The zero-order valence-electron chi connectivity index (χ0n) is 32.6. The van der Waals surface area contributed by atoms with Crippen LogP contribution < -0.4 is 5.32 Å². The van der Waals surface area contributed by atoms with Crippen LogP contribution in [0.4, 0.5) is 0 Å². The van der Waals surface area contributed by atoms with E-state index in [2.05, 4.69) is 86.6 Å². The molecule has 3 atom stereocenters. The molecule has 298 valence electrons. The number of H-pyrrole nitrogens is 1. The zero-order chi connectivity index (χ0) is 40.9. The minimum Gasteiger partial charge on any atom is -0.344 e. The fourth-order valence-electron chi connectivity index (χ4n) is 8.29. The minimum atomic E-state index is -4.18. The highest BCUT2D eigenvalue weighted by molar-refractivity contribution is 8.01. The molecule has 0 unspecified atom stereocenters. The molecule has 0 spiro atoms. The predicted molar refractivity (Wildman–Crippen MR) is 237 cm³/mol. The van der Waals surface area contributed by atoms with Gasteiger partial charge in [0.25, 0.3) is 0 Å². The SMILES string of the molecule is O=C(N[C@@H](Cc1ccc(-c2ccccc2)cc1)c1nn[nH]n1)[C@@H]1C[C@@H](SC(c2ccccc2)(c2ccccc2)c2ccccc2)CN1S(=O)(=O)c1ccc2ccccc2c1.